The second-order valence-electron chi connectivity index (χ2n) is 15.8. The van der Waals surface area contributed by atoms with Crippen LogP contribution in [-0.4, -0.2) is 81.3 Å². The molecule has 0 spiro atoms. The maximum absolute atomic E-state index is 13.5. The minimum Gasteiger partial charge on any atom is -0.484 e. The first-order chi connectivity index (χ1) is 24.2. The summed E-state index contributed by atoms with van der Waals surface area (Å²) in [5.74, 6) is 1.44. The highest BCUT2D eigenvalue weighted by Gasteiger charge is 2.39. The summed E-state index contributed by atoms with van der Waals surface area (Å²) >= 11 is 0. The normalized spacial score (nSPS) is 18.5. The molecule has 2 aliphatic rings. The molecule has 4 aromatic rings. The topological polar surface area (TPSA) is 148 Å². The number of benzene rings is 1. The number of hydrogen-bond acceptors (Lipinski definition) is 9. The molecule has 1 saturated carbocycles. The van der Waals surface area contributed by atoms with E-state index in [4.69, 9.17) is 9.47 Å². The zero-order chi connectivity index (χ0) is 36.6. The summed E-state index contributed by atoms with van der Waals surface area (Å²) in [4.78, 5) is 38.1. The monoisotopic (exact) mass is 697 g/mol. The van der Waals surface area contributed by atoms with Crippen LogP contribution in [0.2, 0.25) is 0 Å². The molecule has 0 aliphatic heterocycles. The maximum Gasteiger partial charge on any atom is 0.320 e. The van der Waals surface area contributed by atoms with E-state index >= 15 is 0 Å². The van der Waals surface area contributed by atoms with Crippen LogP contribution in [0.3, 0.4) is 0 Å². The molecule has 51 heavy (non-hydrogen) atoms. The number of likely N-dealkylation sites (N-methyl/N-ethyl adjacent to an activating group) is 1. The Bertz CT molecular complexity index is 1890. The molecule has 13 nitrogen and oxygen atoms in total. The van der Waals surface area contributed by atoms with E-state index < -0.39 is 6.03 Å². The van der Waals surface area contributed by atoms with Crippen molar-refractivity contribution in [3.8, 4) is 5.75 Å². The number of anilines is 1. The summed E-state index contributed by atoms with van der Waals surface area (Å²) in [6, 6.07) is 12.9. The molecule has 6 rings (SSSR count). The molecule has 1 fully saturated rings. The minimum atomic E-state index is -0.413. The van der Waals surface area contributed by atoms with E-state index in [1.807, 2.05) is 81.9 Å². The number of fused-ring (bicyclic) bond motifs is 2. The van der Waals surface area contributed by atoms with E-state index in [0.717, 1.165) is 41.9 Å². The zero-order valence-electron chi connectivity index (χ0n) is 31.0. The predicted octanol–water partition coefficient (Wildman–Crippen LogP) is 5.73. The van der Waals surface area contributed by atoms with Crippen LogP contribution < -0.4 is 20.7 Å². The highest BCUT2D eigenvalue weighted by Crippen LogP contribution is 2.39. The first kappa shape index (κ1) is 36.2. The third kappa shape index (κ3) is 7.69. The molecule has 3 aromatic heterocycles. The summed E-state index contributed by atoms with van der Waals surface area (Å²) in [7, 11) is 5.76. The number of aromatic nitrogens is 5. The fraction of sp³-hybridized carbons (Fsp3) is 0.526. The van der Waals surface area contributed by atoms with Gasteiger partial charge in [0.25, 0.3) is 5.91 Å². The lowest BCUT2D eigenvalue weighted by molar-refractivity contribution is 0.0554. The second-order valence-corrected chi connectivity index (χ2v) is 15.8. The van der Waals surface area contributed by atoms with Gasteiger partial charge >= 0.3 is 6.03 Å². The number of nitrogens with one attached hydrogen (secondary N) is 3. The van der Waals surface area contributed by atoms with Crippen molar-refractivity contribution in [3.05, 3.63) is 77.1 Å². The van der Waals surface area contributed by atoms with E-state index in [0.29, 0.717) is 37.4 Å². The number of nitrogens with zero attached hydrogens (tertiary/aromatic N) is 6. The van der Waals surface area contributed by atoms with Gasteiger partial charge in [0.2, 0.25) is 5.82 Å². The van der Waals surface area contributed by atoms with E-state index in [2.05, 4.69) is 54.9 Å². The molecule has 2 aliphatic carbocycles. The average Bonchev–Trinajstić information content (AvgIpc) is 3.49. The molecule has 0 unspecified atom stereocenters. The Labute approximate surface area is 299 Å². The number of amides is 3. The summed E-state index contributed by atoms with van der Waals surface area (Å²) in [6.45, 7) is 11.2. The smallest absolute Gasteiger partial charge is 0.320 e. The number of carbonyl (C=O) groups is 2. The molecule has 13 heteroatoms. The number of urea groups is 1. The van der Waals surface area contributed by atoms with Gasteiger partial charge in [-0.3, -0.25) is 14.5 Å². The van der Waals surface area contributed by atoms with Crippen LogP contribution in [0.5, 0.6) is 5.75 Å². The molecular weight excluding hydrogens is 646 g/mol. The van der Waals surface area contributed by atoms with Crippen LogP contribution in [-0.2, 0) is 15.6 Å². The van der Waals surface area contributed by atoms with Gasteiger partial charge in [0, 0.05) is 36.1 Å². The highest BCUT2D eigenvalue weighted by molar-refractivity contribution is 5.92. The van der Waals surface area contributed by atoms with Gasteiger partial charge in [-0.05, 0) is 69.5 Å². The lowest BCUT2D eigenvalue weighted by atomic mass is 9.75. The van der Waals surface area contributed by atoms with Gasteiger partial charge in [-0.25, -0.2) is 14.8 Å². The van der Waals surface area contributed by atoms with Crippen molar-refractivity contribution >= 4 is 23.4 Å². The van der Waals surface area contributed by atoms with Crippen LogP contribution in [0.1, 0.15) is 112 Å². The average molecular weight is 698 g/mol. The second kappa shape index (κ2) is 14.2. The van der Waals surface area contributed by atoms with Gasteiger partial charge in [0.1, 0.15) is 23.5 Å². The van der Waals surface area contributed by atoms with Gasteiger partial charge in [0.05, 0.1) is 24.5 Å². The number of pyridine rings is 1. The molecule has 3 amide bonds. The molecule has 0 radical (unpaired) electrons. The van der Waals surface area contributed by atoms with E-state index in [-0.39, 0.29) is 46.1 Å². The van der Waals surface area contributed by atoms with E-state index in [1.165, 1.54) is 0 Å². The SMILES string of the molecule is COCC(C)(C)c1nnc2ccc(O[C@@H]3CC[C@H](NC(=O)Nc4cc(C(C)(C)C)nc(C(=O)NCC5(N(C)C)CCC5)n4)c4ccccc43)cn12. The van der Waals surface area contributed by atoms with Crippen molar-refractivity contribution in [2.24, 2.45) is 0 Å². The van der Waals surface area contributed by atoms with Crippen LogP contribution >= 0.6 is 0 Å². The first-order valence-corrected chi connectivity index (χ1v) is 17.7. The van der Waals surface area contributed by atoms with Crippen molar-refractivity contribution < 1.29 is 19.1 Å². The Morgan fingerprint density at radius 3 is 2.41 bits per heavy atom. The predicted molar refractivity (Wildman–Crippen MR) is 195 cm³/mol. The Balaban J connectivity index is 1.16. The molecule has 1 aromatic carbocycles. The Morgan fingerprint density at radius 2 is 1.75 bits per heavy atom. The lowest BCUT2D eigenvalue weighted by Gasteiger charge is -2.47. The van der Waals surface area contributed by atoms with Crippen LogP contribution in [0.15, 0.2) is 48.7 Å². The molecule has 0 saturated heterocycles. The van der Waals surface area contributed by atoms with E-state index in [1.54, 1.807) is 13.2 Å². The number of methoxy groups -OCH3 is 1. The fourth-order valence-corrected chi connectivity index (χ4v) is 7.01. The van der Waals surface area contributed by atoms with Crippen LogP contribution in [0, 0.1) is 0 Å². The van der Waals surface area contributed by atoms with Gasteiger partial charge in [0.15, 0.2) is 5.65 Å². The van der Waals surface area contributed by atoms with Crippen molar-refractivity contribution in [2.45, 2.75) is 95.2 Å². The summed E-state index contributed by atoms with van der Waals surface area (Å²) < 4.78 is 14.0. The number of rotatable bonds is 11. The fourth-order valence-electron chi connectivity index (χ4n) is 7.01. The van der Waals surface area contributed by atoms with Crippen molar-refractivity contribution in [2.75, 3.05) is 39.7 Å². The Kier molecular flexibility index (Phi) is 10.1. The Hall–Kier alpha value is -4.62. The summed E-state index contributed by atoms with van der Waals surface area (Å²) in [5, 5.41) is 17.9. The maximum atomic E-state index is 13.5. The molecular formula is C38H51N9O4. The zero-order valence-corrected chi connectivity index (χ0v) is 31.0. The third-order valence-electron chi connectivity index (χ3n) is 10.3. The quantitative estimate of drug-likeness (QED) is 0.179. The summed E-state index contributed by atoms with van der Waals surface area (Å²) in [5.41, 5.74) is 2.62. The molecule has 3 N–H and O–H groups in total. The molecule has 272 valence electrons. The third-order valence-corrected chi connectivity index (χ3v) is 10.3. The molecule has 3 heterocycles. The van der Waals surface area contributed by atoms with Gasteiger partial charge < -0.3 is 25.0 Å². The van der Waals surface area contributed by atoms with Gasteiger partial charge in [-0.1, -0.05) is 58.9 Å². The van der Waals surface area contributed by atoms with Gasteiger partial charge in [-0.15, -0.1) is 10.2 Å². The first-order valence-electron chi connectivity index (χ1n) is 17.7. The number of ether oxygens (including phenoxy) is 2. The Morgan fingerprint density at radius 1 is 1.00 bits per heavy atom. The highest BCUT2D eigenvalue weighted by atomic mass is 16.5. The lowest BCUT2D eigenvalue weighted by Crippen LogP contribution is -2.57. The number of hydrogen-bond donors (Lipinski definition) is 3. The molecule has 2 atom stereocenters. The largest absolute Gasteiger partial charge is 0.484 e. The standard InChI is InChI=1S/C38H51N9O4/c1-36(2,3)29-20-30(42-32(41-29)33(48)39-22-38(46(6)7)18-11-19-38)43-35(49)40-27-15-16-28(26-13-10-9-12-25(26)27)51-24-14-17-31-44-45-34(47(31)21-24)37(4,5)23-50-8/h9-10,12-14,17,20-21,27-28H,11,15-16,18-19,22-23H2,1-8H3,(H,39,48)(H2,40,41,42,43,49)/t27-,28+/m0/s1. The van der Waals surface area contributed by atoms with Crippen LogP contribution in [0.25, 0.3) is 5.65 Å². The van der Waals surface area contributed by atoms with Crippen molar-refractivity contribution in [3.63, 3.8) is 0 Å². The van der Waals surface area contributed by atoms with Crippen molar-refractivity contribution in [1.82, 2.24) is 40.1 Å². The van der Waals surface area contributed by atoms with E-state index in [9.17, 15) is 9.59 Å². The summed E-state index contributed by atoms with van der Waals surface area (Å²) in [6.07, 6.45) is 6.26. The number of carbonyl (C=O) groups excluding carboxylic acids is 2. The molecule has 0 bridgehead atoms. The minimum absolute atomic E-state index is 0.0352. The van der Waals surface area contributed by atoms with Gasteiger partial charge in [-0.2, -0.15) is 0 Å². The van der Waals surface area contributed by atoms with Crippen LogP contribution in [0.4, 0.5) is 10.6 Å². The van der Waals surface area contributed by atoms with Crippen molar-refractivity contribution in [1.29, 1.82) is 0 Å².